The first-order valence-electron chi connectivity index (χ1n) is 5.17. The highest BCUT2D eigenvalue weighted by atomic mass is 79.9. The van der Waals surface area contributed by atoms with Crippen molar-refractivity contribution in [2.45, 2.75) is 9.79 Å². The lowest BCUT2D eigenvalue weighted by Crippen LogP contribution is -2.04. The molecule has 0 saturated heterocycles. The number of hydrogen-bond donors (Lipinski definition) is 2. The van der Waals surface area contributed by atoms with Crippen LogP contribution in [0, 0.1) is 0 Å². The van der Waals surface area contributed by atoms with Gasteiger partial charge in [0.15, 0.2) is 0 Å². The number of rotatable bonds is 2. The molecule has 0 atom stereocenters. The van der Waals surface area contributed by atoms with Crippen molar-refractivity contribution in [3.8, 4) is 0 Å². The van der Waals surface area contributed by atoms with E-state index in [1.54, 1.807) is 18.2 Å². The van der Waals surface area contributed by atoms with Crippen LogP contribution in [0.25, 0.3) is 0 Å². The Bertz CT molecular complexity index is 725. The van der Waals surface area contributed by atoms with Crippen LogP contribution in [0.5, 0.6) is 0 Å². The lowest BCUT2D eigenvalue weighted by molar-refractivity contribution is 0.595. The smallest absolute Gasteiger partial charge is 0.207 e. The molecule has 7 heteroatoms. The molecule has 0 unspecified atom stereocenters. The van der Waals surface area contributed by atoms with Gasteiger partial charge in [0.25, 0.3) is 0 Å². The van der Waals surface area contributed by atoms with Crippen LogP contribution in [-0.2, 0) is 9.84 Å². The zero-order valence-corrected chi connectivity index (χ0v) is 13.6. The summed E-state index contributed by atoms with van der Waals surface area (Å²) in [4.78, 5) is 0.282. The van der Waals surface area contributed by atoms with Crippen molar-refractivity contribution in [1.82, 2.24) is 0 Å². The third-order valence-electron chi connectivity index (χ3n) is 2.45. The maximum absolute atomic E-state index is 12.5. The van der Waals surface area contributed by atoms with Crippen LogP contribution in [0.1, 0.15) is 0 Å². The molecule has 4 nitrogen and oxygen atoms in total. The van der Waals surface area contributed by atoms with Crippen molar-refractivity contribution in [3.05, 3.63) is 45.3 Å². The van der Waals surface area contributed by atoms with Gasteiger partial charge in [-0.1, -0.05) is 15.9 Å². The molecule has 100 valence electrons. The highest BCUT2D eigenvalue weighted by Crippen LogP contribution is 2.31. The van der Waals surface area contributed by atoms with E-state index in [-0.39, 0.29) is 9.79 Å². The number of benzene rings is 2. The van der Waals surface area contributed by atoms with E-state index < -0.39 is 9.84 Å². The molecule has 0 aliphatic carbocycles. The Morgan fingerprint density at radius 1 is 0.895 bits per heavy atom. The van der Waals surface area contributed by atoms with Gasteiger partial charge in [-0.2, -0.15) is 0 Å². The number of nitrogens with two attached hydrogens (primary N) is 2. The van der Waals surface area contributed by atoms with E-state index in [2.05, 4.69) is 31.9 Å². The van der Waals surface area contributed by atoms with E-state index in [9.17, 15) is 8.42 Å². The van der Waals surface area contributed by atoms with Gasteiger partial charge in [-0.25, -0.2) is 8.42 Å². The van der Waals surface area contributed by atoms with Crippen molar-refractivity contribution in [1.29, 1.82) is 0 Å². The van der Waals surface area contributed by atoms with Gasteiger partial charge in [-0.3, -0.25) is 0 Å². The van der Waals surface area contributed by atoms with Crippen LogP contribution in [0.2, 0.25) is 0 Å². The molecule has 0 heterocycles. The number of sulfone groups is 1. The quantitative estimate of drug-likeness (QED) is 0.751. The molecule has 2 rings (SSSR count). The molecule has 19 heavy (non-hydrogen) atoms. The van der Waals surface area contributed by atoms with Crippen LogP contribution in [0.3, 0.4) is 0 Å². The Morgan fingerprint density at radius 3 is 2.16 bits per heavy atom. The van der Waals surface area contributed by atoms with Crippen molar-refractivity contribution >= 4 is 53.1 Å². The Kier molecular flexibility index (Phi) is 3.89. The van der Waals surface area contributed by atoms with Crippen molar-refractivity contribution < 1.29 is 8.42 Å². The van der Waals surface area contributed by atoms with E-state index in [1.807, 2.05) is 0 Å². The first-order valence-corrected chi connectivity index (χ1v) is 8.24. The SMILES string of the molecule is Nc1cc(Br)cc(S(=O)(=O)c2ccc(N)cc2Br)c1. The largest absolute Gasteiger partial charge is 0.399 e. The lowest BCUT2D eigenvalue weighted by atomic mass is 10.3. The molecule has 0 aliphatic rings. The average Bonchev–Trinajstić information content (AvgIpc) is 2.26. The fraction of sp³-hybridized carbons (Fsp3) is 0. The lowest BCUT2D eigenvalue weighted by Gasteiger charge is -2.09. The normalized spacial score (nSPS) is 11.5. The minimum Gasteiger partial charge on any atom is -0.399 e. The first-order chi connectivity index (χ1) is 8.80. The predicted molar refractivity (Wildman–Crippen MR) is 82.6 cm³/mol. The van der Waals surface area contributed by atoms with Crippen molar-refractivity contribution in [2.75, 3.05) is 11.5 Å². The first kappa shape index (κ1) is 14.4. The summed E-state index contributed by atoms with van der Waals surface area (Å²) in [5.41, 5.74) is 12.1. The molecule has 0 radical (unpaired) electrons. The minimum absolute atomic E-state index is 0.129. The van der Waals surface area contributed by atoms with Gasteiger partial charge in [0, 0.05) is 20.3 Å². The van der Waals surface area contributed by atoms with Gasteiger partial charge < -0.3 is 11.5 Å². The molecule has 0 aromatic heterocycles. The minimum atomic E-state index is -3.64. The summed E-state index contributed by atoms with van der Waals surface area (Å²) in [7, 11) is -3.64. The monoisotopic (exact) mass is 404 g/mol. The molecule has 0 saturated carbocycles. The van der Waals surface area contributed by atoms with Crippen LogP contribution >= 0.6 is 31.9 Å². The number of anilines is 2. The van der Waals surface area contributed by atoms with Crippen LogP contribution in [-0.4, -0.2) is 8.42 Å². The van der Waals surface area contributed by atoms with E-state index in [0.717, 1.165) is 0 Å². The van der Waals surface area contributed by atoms with Crippen LogP contribution in [0.4, 0.5) is 11.4 Å². The molecule has 2 aromatic rings. The van der Waals surface area contributed by atoms with Gasteiger partial charge in [0.1, 0.15) is 0 Å². The molecular formula is C12H10Br2N2O2S. The Morgan fingerprint density at radius 2 is 1.58 bits per heavy atom. The standard InChI is InChI=1S/C12H10Br2N2O2S/c13-7-3-9(16)5-10(4-7)19(17,18)12-2-1-8(15)6-11(12)14/h1-6H,15-16H2. The van der Waals surface area contributed by atoms with Crippen molar-refractivity contribution in [3.63, 3.8) is 0 Å². The number of hydrogen-bond acceptors (Lipinski definition) is 4. The molecule has 0 amide bonds. The van der Waals surface area contributed by atoms with Crippen LogP contribution in [0.15, 0.2) is 55.1 Å². The molecular weight excluding hydrogens is 396 g/mol. The summed E-state index contributed by atoms with van der Waals surface area (Å²) in [5, 5.41) is 0. The van der Waals surface area contributed by atoms with Crippen LogP contribution < -0.4 is 11.5 Å². The molecule has 0 bridgehead atoms. The molecule has 2 aromatic carbocycles. The highest BCUT2D eigenvalue weighted by molar-refractivity contribution is 9.10. The molecule has 0 spiro atoms. The molecule has 4 N–H and O–H groups in total. The molecule has 0 aliphatic heterocycles. The van der Waals surface area contributed by atoms with Gasteiger partial charge in [0.05, 0.1) is 9.79 Å². The summed E-state index contributed by atoms with van der Waals surface area (Å²) in [5.74, 6) is 0. The van der Waals surface area contributed by atoms with E-state index in [4.69, 9.17) is 11.5 Å². The van der Waals surface area contributed by atoms with Gasteiger partial charge in [-0.15, -0.1) is 0 Å². The van der Waals surface area contributed by atoms with E-state index in [1.165, 1.54) is 18.2 Å². The number of nitrogen functional groups attached to an aromatic ring is 2. The Labute approximate surface area is 128 Å². The summed E-state index contributed by atoms with van der Waals surface area (Å²) in [6.45, 7) is 0. The molecule has 0 fully saturated rings. The second-order valence-corrected chi connectivity index (χ2v) is 7.60. The Balaban J connectivity index is 2.65. The second kappa shape index (κ2) is 5.15. The summed E-state index contributed by atoms with van der Waals surface area (Å²) < 4.78 is 26.1. The summed E-state index contributed by atoms with van der Waals surface area (Å²) in [6, 6.07) is 9.12. The van der Waals surface area contributed by atoms with E-state index >= 15 is 0 Å². The maximum atomic E-state index is 12.5. The van der Waals surface area contributed by atoms with Crippen molar-refractivity contribution in [2.24, 2.45) is 0 Å². The third kappa shape index (κ3) is 2.93. The van der Waals surface area contributed by atoms with Gasteiger partial charge in [-0.05, 0) is 52.3 Å². The predicted octanol–water partition coefficient (Wildman–Crippen LogP) is 3.21. The Hall–Kier alpha value is -1.05. The topological polar surface area (TPSA) is 86.2 Å². The average molecular weight is 406 g/mol. The summed E-state index contributed by atoms with van der Waals surface area (Å²) in [6.07, 6.45) is 0. The highest BCUT2D eigenvalue weighted by Gasteiger charge is 2.21. The third-order valence-corrected chi connectivity index (χ3v) is 5.62. The van der Waals surface area contributed by atoms with Gasteiger partial charge >= 0.3 is 0 Å². The maximum Gasteiger partial charge on any atom is 0.207 e. The fourth-order valence-electron chi connectivity index (χ4n) is 1.60. The second-order valence-electron chi connectivity index (χ2n) is 3.91. The summed E-state index contributed by atoms with van der Waals surface area (Å²) >= 11 is 6.45. The van der Waals surface area contributed by atoms with Gasteiger partial charge in [0.2, 0.25) is 9.84 Å². The zero-order chi connectivity index (χ0) is 14.2. The number of halogens is 2. The van der Waals surface area contributed by atoms with E-state index in [0.29, 0.717) is 20.3 Å². The zero-order valence-electron chi connectivity index (χ0n) is 9.60. The fourth-order valence-corrected chi connectivity index (χ4v) is 4.69.